The summed E-state index contributed by atoms with van der Waals surface area (Å²) < 4.78 is 0. The second-order valence-corrected chi connectivity index (χ2v) is 6.64. The summed E-state index contributed by atoms with van der Waals surface area (Å²) in [6.45, 7) is 1.19. The van der Waals surface area contributed by atoms with E-state index in [1.54, 1.807) is 0 Å². The first-order chi connectivity index (χ1) is 9.84. The van der Waals surface area contributed by atoms with Crippen molar-refractivity contribution in [2.45, 2.75) is 57.0 Å². The minimum Gasteiger partial charge on any atom is -0.381 e. The molecule has 3 atom stereocenters. The lowest BCUT2D eigenvalue weighted by Gasteiger charge is -2.40. The van der Waals surface area contributed by atoms with Crippen molar-refractivity contribution in [1.82, 2.24) is 5.32 Å². The molecule has 1 aromatic rings. The minimum atomic E-state index is 0.569. The largest absolute Gasteiger partial charge is 0.381 e. The van der Waals surface area contributed by atoms with Gasteiger partial charge in [-0.2, -0.15) is 0 Å². The third-order valence-corrected chi connectivity index (χ3v) is 5.23. The SMILES string of the molecule is Clc1ccccc1NC1CCCCC1C1CCCCN1. The van der Waals surface area contributed by atoms with E-state index in [1.165, 1.54) is 51.5 Å². The highest BCUT2D eigenvalue weighted by molar-refractivity contribution is 6.33. The first-order valence-electron chi connectivity index (χ1n) is 8.09. The van der Waals surface area contributed by atoms with Gasteiger partial charge in [0.05, 0.1) is 10.7 Å². The maximum atomic E-state index is 6.30. The molecule has 1 saturated heterocycles. The van der Waals surface area contributed by atoms with E-state index in [0.717, 1.165) is 16.6 Å². The number of rotatable bonds is 3. The molecule has 0 bridgehead atoms. The van der Waals surface area contributed by atoms with E-state index in [-0.39, 0.29) is 0 Å². The van der Waals surface area contributed by atoms with Gasteiger partial charge in [0.25, 0.3) is 0 Å². The first-order valence-corrected chi connectivity index (χ1v) is 8.47. The number of anilines is 1. The van der Waals surface area contributed by atoms with Gasteiger partial charge >= 0.3 is 0 Å². The zero-order valence-corrected chi connectivity index (χ0v) is 12.8. The molecular weight excluding hydrogens is 268 g/mol. The Morgan fingerprint density at radius 1 is 1.00 bits per heavy atom. The molecule has 2 nitrogen and oxygen atoms in total. The van der Waals surface area contributed by atoms with Gasteiger partial charge in [-0.3, -0.25) is 0 Å². The number of hydrogen-bond acceptors (Lipinski definition) is 2. The molecule has 1 aromatic carbocycles. The second kappa shape index (κ2) is 6.82. The Bertz CT molecular complexity index is 429. The molecule has 0 amide bonds. The number of piperidine rings is 1. The van der Waals surface area contributed by atoms with Crippen molar-refractivity contribution in [1.29, 1.82) is 0 Å². The van der Waals surface area contributed by atoms with Crippen molar-refractivity contribution >= 4 is 17.3 Å². The van der Waals surface area contributed by atoms with Crippen LogP contribution in [0.15, 0.2) is 24.3 Å². The Kier molecular flexibility index (Phi) is 4.85. The molecule has 3 heteroatoms. The molecule has 110 valence electrons. The molecule has 2 fully saturated rings. The summed E-state index contributed by atoms with van der Waals surface area (Å²) in [5, 5.41) is 8.31. The molecule has 0 spiro atoms. The van der Waals surface area contributed by atoms with Crippen LogP contribution in [0.2, 0.25) is 5.02 Å². The van der Waals surface area contributed by atoms with Crippen molar-refractivity contribution in [2.75, 3.05) is 11.9 Å². The van der Waals surface area contributed by atoms with Crippen LogP contribution in [0.5, 0.6) is 0 Å². The molecular formula is C17H25ClN2. The van der Waals surface area contributed by atoms with Gasteiger partial charge in [-0.05, 0) is 50.3 Å². The number of para-hydroxylation sites is 1. The first kappa shape index (κ1) is 14.2. The van der Waals surface area contributed by atoms with Crippen molar-refractivity contribution in [3.8, 4) is 0 Å². The molecule has 0 radical (unpaired) electrons. The van der Waals surface area contributed by atoms with Crippen molar-refractivity contribution in [3.63, 3.8) is 0 Å². The summed E-state index contributed by atoms with van der Waals surface area (Å²) in [6.07, 6.45) is 9.40. The van der Waals surface area contributed by atoms with E-state index in [9.17, 15) is 0 Å². The van der Waals surface area contributed by atoms with Gasteiger partial charge in [-0.1, -0.05) is 43.0 Å². The third-order valence-electron chi connectivity index (χ3n) is 4.90. The van der Waals surface area contributed by atoms with Gasteiger partial charge in [0, 0.05) is 12.1 Å². The summed E-state index contributed by atoms with van der Waals surface area (Å²) in [5.74, 6) is 0.750. The molecule has 1 saturated carbocycles. The van der Waals surface area contributed by atoms with Gasteiger partial charge in [0.1, 0.15) is 0 Å². The highest BCUT2D eigenvalue weighted by Crippen LogP contribution is 2.33. The molecule has 20 heavy (non-hydrogen) atoms. The van der Waals surface area contributed by atoms with E-state index in [4.69, 9.17) is 11.6 Å². The van der Waals surface area contributed by atoms with Crippen LogP contribution in [0, 0.1) is 5.92 Å². The molecule has 0 aromatic heterocycles. The zero-order chi connectivity index (χ0) is 13.8. The van der Waals surface area contributed by atoms with Crippen molar-refractivity contribution in [3.05, 3.63) is 29.3 Å². The number of nitrogens with one attached hydrogen (secondary N) is 2. The van der Waals surface area contributed by atoms with Crippen LogP contribution >= 0.6 is 11.6 Å². The Morgan fingerprint density at radius 2 is 1.80 bits per heavy atom. The average Bonchev–Trinajstić information content (AvgIpc) is 2.51. The predicted molar refractivity (Wildman–Crippen MR) is 86.5 cm³/mol. The lowest BCUT2D eigenvalue weighted by atomic mass is 9.77. The van der Waals surface area contributed by atoms with E-state index < -0.39 is 0 Å². The van der Waals surface area contributed by atoms with E-state index >= 15 is 0 Å². The smallest absolute Gasteiger partial charge is 0.0637 e. The molecule has 2 aliphatic rings. The number of halogens is 1. The summed E-state index contributed by atoms with van der Waals surface area (Å²) in [4.78, 5) is 0. The lowest BCUT2D eigenvalue weighted by Crippen LogP contribution is -2.48. The van der Waals surface area contributed by atoms with E-state index in [0.29, 0.717) is 12.1 Å². The van der Waals surface area contributed by atoms with Crippen LogP contribution in [0.25, 0.3) is 0 Å². The summed E-state index contributed by atoms with van der Waals surface area (Å²) in [6, 6.07) is 9.39. The molecule has 1 heterocycles. The summed E-state index contributed by atoms with van der Waals surface area (Å²) >= 11 is 6.30. The van der Waals surface area contributed by atoms with Gasteiger partial charge < -0.3 is 10.6 Å². The van der Waals surface area contributed by atoms with Crippen LogP contribution in [0.4, 0.5) is 5.69 Å². The normalized spacial score (nSPS) is 30.9. The number of benzene rings is 1. The second-order valence-electron chi connectivity index (χ2n) is 6.24. The zero-order valence-electron chi connectivity index (χ0n) is 12.1. The standard InChI is InChI=1S/C17H25ClN2/c18-14-8-2-4-11-17(14)20-16-10-3-1-7-13(16)15-9-5-6-12-19-15/h2,4,8,11,13,15-16,19-20H,1,3,5-7,9-10,12H2. The molecule has 3 rings (SSSR count). The summed E-state index contributed by atoms with van der Waals surface area (Å²) in [7, 11) is 0. The van der Waals surface area contributed by atoms with Crippen LogP contribution < -0.4 is 10.6 Å². The topological polar surface area (TPSA) is 24.1 Å². The van der Waals surface area contributed by atoms with Gasteiger partial charge in [-0.25, -0.2) is 0 Å². The lowest BCUT2D eigenvalue weighted by molar-refractivity contribution is 0.217. The number of hydrogen-bond donors (Lipinski definition) is 2. The fourth-order valence-electron chi connectivity index (χ4n) is 3.84. The van der Waals surface area contributed by atoms with Gasteiger partial charge in [-0.15, -0.1) is 0 Å². The Morgan fingerprint density at radius 3 is 2.60 bits per heavy atom. The fraction of sp³-hybridized carbons (Fsp3) is 0.647. The van der Waals surface area contributed by atoms with Gasteiger partial charge in [0.2, 0.25) is 0 Å². The van der Waals surface area contributed by atoms with Crippen molar-refractivity contribution in [2.24, 2.45) is 5.92 Å². The Labute approximate surface area is 127 Å². The maximum absolute atomic E-state index is 6.30. The summed E-state index contributed by atoms with van der Waals surface area (Å²) in [5.41, 5.74) is 1.10. The average molecular weight is 293 g/mol. The predicted octanol–water partition coefficient (Wildman–Crippen LogP) is 4.45. The van der Waals surface area contributed by atoms with E-state index in [1.807, 2.05) is 12.1 Å². The Balaban J connectivity index is 1.70. The maximum Gasteiger partial charge on any atom is 0.0637 e. The molecule has 3 unspecified atom stereocenters. The Hall–Kier alpha value is -0.730. The van der Waals surface area contributed by atoms with Crippen LogP contribution in [0.3, 0.4) is 0 Å². The molecule has 1 aliphatic heterocycles. The highest BCUT2D eigenvalue weighted by atomic mass is 35.5. The van der Waals surface area contributed by atoms with Gasteiger partial charge in [0.15, 0.2) is 0 Å². The van der Waals surface area contributed by atoms with Crippen LogP contribution in [-0.2, 0) is 0 Å². The molecule has 2 N–H and O–H groups in total. The fourth-order valence-corrected chi connectivity index (χ4v) is 4.03. The quantitative estimate of drug-likeness (QED) is 0.860. The molecule has 1 aliphatic carbocycles. The third kappa shape index (κ3) is 3.29. The van der Waals surface area contributed by atoms with Crippen LogP contribution in [-0.4, -0.2) is 18.6 Å². The van der Waals surface area contributed by atoms with E-state index in [2.05, 4.69) is 22.8 Å². The minimum absolute atomic E-state index is 0.569. The van der Waals surface area contributed by atoms with Crippen LogP contribution in [0.1, 0.15) is 44.9 Å². The monoisotopic (exact) mass is 292 g/mol. The van der Waals surface area contributed by atoms with Crippen molar-refractivity contribution < 1.29 is 0 Å². The highest BCUT2D eigenvalue weighted by Gasteiger charge is 2.32.